The molecular formula is C17H11Cl2N3O4S. The Kier molecular flexibility index (Phi) is 5.59. The molecule has 0 aliphatic carbocycles. The lowest BCUT2D eigenvalue weighted by atomic mass is 10.2. The summed E-state index contributed by atoms with van der Waals surface area (Å²) in [5.41, 5.74) is 2.54. The monoisotopic (exact) mass is 423 g/mol. The lowest BCUT2D eigenvalue weighted by molar-refractivity contribution is -0.384. The van der Waals surface area contributed by atoms with E-state index in [1.807, 2.05) is 0 Å². The number of carbonyl (C=O) groups excluding carboxylic acids is 1. The van der Waals surface area contributed by atoms with Crippen LogP contribution >= 0.6 is 34.5 Å². The Labute approximate surface area is 167 Å². The Morgan fingerprint density at radius 2 is 2.07 bits per heavy atom. The van der Waals surface area contributed by atoms with Crippen molar-refractivity contribution in [3.8, 4) is 5.75 Å². The van der Waals surface area contributed by atoms with Crippen LogP contribution in [0.5, 0.6) is 5.75 Å². The summed E-state index contributed by atoms with van der Waals surface area (Å²) in [6.07, 6.45) is 1.28. The molecule has 0 atom stereocenters. The van der Waals surface area contributed by atoms with Gasteiger partial charge in [-0.05, 0) is 24.3 Å². The number of halogens is 2. The predicted molar refractivity (Wildman–Crippen MR) is 107 cm³/mol. The molecule has 0 fully saturated rings. The minimum absolute atomic E-state index is 0.0219. The lowest BCUT2D eigenvalue weighted by Crippen LogP contribution is -2.16. The fourth-order valence-electron chi connectivity index (χ4n) is 2.28. The van der Waals surface area contributed by atoms with Crippen LogP contribution < -0.4 is 10.2 Å². The molecule has 138 valence electrons. The summed E-state index contributed by atoms with van der Waals surface area (Å²) in [6, 6.07) is 9.52. The predicted octanol–water partition coefficient (Wildman–Crippen LogP) is 4.89. The van der Waals surface area contributed by atoms with Gasteiger partial charge < -0.3 is 4.74 Å². The Morgan fingerprint density at radius 1 is 1.30 bits per heavy atom. The number of nitro groups is 1. The van der Waals surface area contributed by atoms with Gasteiger partial charge >= 0.3 is 0 Å². The molecule has 0 spiro atoms. The number of benzene rings is 2. The number of thiophene rings is 1. The number of fused-ring (bicyclic) bond motifs is 1. The van der Waals surface area contributed by atoms with Crippen molar-refractivity contribution >= 4 is 62.4 Å². The summed E-state index contributed by atoms with van der Waals surface area (Å²) < 4.78 is 5.97. The van der Waals surface area contributed by atoms with Gasteiger partial charge in [-0.2, -0.15) is 5.10 Å². The third-order valence-corrected chi connectivity index (χ3v) is 5.57. The normalized spacial score (nSPS) is 11.1. The number of nitrogens with one attached hydrogen (secondary N) is 1. The van der Waals surface area contributed by atoms with E-state index in [0.717, 1.165) is 10.1 Å². The Balaban J connectivity index is 1.79. The second kappa shape index (κ2) is 7.91. The van der Waals surface area contributed by atoms with Gasteiger partial charge in [0, 0.05) is 21.7 Å². The zero-order chi connectivity index (χ0) is 19.6. The SMILES string of the molecule is COc1ccc2c(Cl)c(C(=O)NN=Cc3ccc(Cl)c([N+](=O)[O-])c3)sc2c1. The summed E-state index contributed by atoms with van der Waals surface area (Å²) in [5, 5.41) is 15.8. The molecule has 0 aliphatic rings. The molecule has 3 rings (SSSR count). The van der Waals surface area contributed by atoms with Crippen LogP contribution in [0.1, 0.15) is 15.2 Å². The van der Waals surface area contributed by atoms with Crippen molar-refractivity contribution in [1.82, 2.24) is 5.43 Å². The molecule has 1 heterocycles. The van der Waals surface area contributed by atoms with Gasteiger partial charge in [-0.3, -0.25) is 14.9 Å². The van der Waals surface area contributed by atoms with Gasteiger partial charge in [0.2, 0.25) is 0 Å². The quantitative estimate of drug-likeness (QED) is 0.359. The van der Waals surface area contributed by atoms with Crippen LogP contribution in [-0.2, 0) is 0 Å². The minimum Gasteiger partial charge on any atom is -0.497 e. The fourth-order valence-corrected chi connectivity index (χ4v) is 3.91. The van der Waals surface area contributed by atoms with Crippen molar-refractivity contribution in [3.63, 3.8) is 0 Å². The van der Waals surface area contributed by atoms with E-state index in [0.29, 0.717) is 21.2 Å². The topological polar surface area (TPSA) is 93.8 Å². The number of hydrogen-bond acceptors (Lipinski definition) is 6. The van der Waals surface area contributed by atoms with Crippen molar-refractivity contribution in [2.75, 3.05) is 7.11 Å². The van der Waals surface area contributed by atoms with Crippen molar-refractivity contribution in [2.24, 2.45) is 5.10 Å². The molecule has 3 aromatic rings. The highest BCUT2D eigenvalue weighted by Gasteiger charge is 2.17. The molecule has 0 aliphatic heterocycles. The number of methoxy groups -OCH3 is 1. The summed E-state index contributed by atoms with van der Waals surface area (Å²) in [6.45, 7) is 0. The summed E-state index contributed by atoms with van der Waals surface area (Å²) in [5.74, 6) is 0.176. The Morgan fingerprint density at radius 3 is 2.78 bits per heavy atom. The summed E-state index contributed by atoms with van der Waals surface area (Å²) in [4.78, 5) is 23.0. The van der Waals surface area contributed by atoms with Crippen molar-refractivity contribution < 1.29 is 14.5 Å². The van der Waals surface area contributed by atoms with Gasteiger partial charge in [0.1, 0.15) is 15.6 Å². The molecule has 7 nitrogen and oxygen atoms in total. The number of ether oxygens (including phenoxy) is 1. The first-order valence-electron chi connectivity index (χ1n) is 7.44. The summed E-state index contributed by atoms with van der Waals surface area (Å²) in [7, 11) is 1.56. The largest absolute Gasteiger partial charge is 0.497 e. The first kappa shape index (κ1) is 19.1. The van der Waals surface area contributed by atoms with E-state index >= 15 is 0 Å². The Bertz CT molecular complexity index is 1080. The number of carbonyl (C=O) groups is 1. The van der Waals surface area contributed by atoms with Gasteiger partial charge in [-0.15, -0.1) is 11.3 Å². The lowest BCUT2D eigenvalue weighted by Gasteiger charge is -1.99. The minimum atomic E-state index is -0.594. The van der Waals surface area contributed by atoms with Crippen molar-refractivity contribution in [1.29, 1.82) is 0 Å². The third-order valence-electron chi connectivity index (χ3n) is 3.59. The maximum absolute atomic E-state index is 12.3. The van der Waals surface area contributed by atoms with E-state index in [9.17, 15) is 14.9 Å². The number of amides is 1. The number of hydrogen-bond donors (Lipinski definition) is 1. The van der Waals surface area contributed by atoms with Crippen LogP contribution in [-0.4, -0.2) is 24.2 Å². The molecule has 1 amide bonds. The van der Waals surface area contributed by atoms with Crippen LogP contribution in [0.2, 0.25) is 10.0 Å². The molecule has 0 unspecified atom stereocenters. The molecular weight excluding hydrogens is 413 g/mol. The van der Waals surface area contributed by atoms with Crippen molar-refractivity contribution in [3.05, 3.63) is 67.0 Å². The van der Waals surface area contributed by atoms with Crippen LogP contribution in [0.3, 0.4) is 0 Å². The number of hydrazone groups is 1. The van der Waals surface area contributed by atoms with Gasteiger partial charge in [-0.25, -0.2) is 5.43 Å². The highest BCUT2D eigenvalue weighted by molar-refractivity contribution is 7.21. The van der Waals surface area contributed by atoms with Crippen LogP contribution in [0.15, 0.2) is 41.5 Å². The van der Waals surface area contributed by atoms with E-state index in [4.69, 9.17) is 27.9 Å². The molecule has 0 radical (unpaired) electrons. The number of nitrogens with zero attached hydrogens (tertiary/aromatic N) is 2. The molecule has 27 heavy (non-hydrogen) atoms. The number of rotatable bonds is 5. The van der Waals surface area contributed by atoms with Gasteiger partial charge in [0.25, 0.3) is 11.6 Å². The third kappa shape index (κ3) is 4.02. The molecule has 1 N–H and O–H groups in total. The zero-order valence-corrected chi connectivity index (χ0v) is 16.1. The smallest absolute Gasteiger partial charge is 0.288 e. The van der Waals surface area contributed by atoms with E-state index in [1.54, 1.807) is 31.4 Å². The van der Waals surface area contributed by atoms with Crippen LogP contribution in [0, 0.1) is 10.1 Å². The standard InChI is InChI=1S/C17H11Cl2N3O4S/c1-26-10-3-4-11-14(7-10)27-16(15(11)19)17(23)21-20-8-9-2-5-12(18)13(6-9)22(24)25/h2-8H,1H3,(H,21,23). The van der Waals surface area contributed by atoms with E-state index in [1.165, 1.54) is 29.7 Å². The molecule has 0 saturated heterocycles. The first-order valence-corrected chi connectivity index (χ1v) is 9.01. The second-order valence-corrected chi connectivity index (χ2v) is 7.11. The average Bonchev–Trinajstić information content (AvgIpc) is 2.98. The molecule has 0 saturated carbocycles. The van der Waals surface area contributed by atoms with E-state index in [-0.39, 0.29) is 10.7 Å². The molecule has 2 aromatic carbocycles. The maximum atomic E-state index is 12.3. The fraction of sp³-hybridized carbons (Fsp3) is 0.0588. The van der Waals surface area contributed by atoms with E-state index < -0.39 is 10.8 Å². The second-order valence-electron chi connectivity index (χ2n) is 5.27. The molecule has 10 heteroatoms. The zero-order valence-electron chi connectivity index (χ0n) is 13.7. The van der Waals surface area contributed by atoms with Crippen LogP contribution in [0.25, 0.3) is 10.1 Å². The van der Waals surface area contributed by atoms with Gasteiger partial charge in [0.05, 0.1) is 23.3 Å². The van der Waals surface area contributed by atoms with Gasteiger partial charge in [0.15, 0.2) is 0 Å². The molecule has 0 bridgehead atoms. The highest BCUT2D eigenvalue weighted by Crippen LogP contribution is 2.37. The number of nitro benzene ring substituents is 1. The van der Waals surface area contributed by atoms with Gasteiger partial charge in [-0.1, -0.05) is 29.3 Å². The maximum Gasteiger partial charge on any atom is 0.288 e. The Hall–Kier alpha value is -2.68. The van der Waals surface area contributed by atoms with E-state index in [2.05, 4.69) is 10.5 Å². The molecule has 1 aromatic heterocycles. The summed E-state index contributed by atoms with van der Waals surface area (Å²) >= 11 is 13.3. The van der Waals surface area contributed by atoms with Crippen molar-refractivity contribution in [2.45, 2.75) is 0 Å². The average molecular weight is 424 g/mol. The van der Waals surface area contributed by atoms with Crippen LogP contribution in [0.4, 0.5) is 5.69 Å². The highest BCUT2D eigenvalue weighted by atomic mass is 35.5. The first-order chi connectivity index (χ1) is 12.9.